The zero-order chi connectivity index (χ0) is 16.2. The molecule has 0 aliphatic rings. The summed E-state index contributed by atoms with van der Waals surface area (Å²) < 4.78 is 0. The fourth-order valence-electron chi connectivity index (χ4n) is 2.71. The summed E-state index contributed by atoms with van der Waals surface area (Å²) in [6.07, 6.45) is 6.15. The molecule has 1 amide bonds. The van der Waals surface area contributed by atoms with E-state index in [1.54, 1.807) is 18.5 Å². The largest absolute Gasteiger partial charge is 0.392 e. The molecule has 3 N–H and O–H groups in total. The number of rotatable bonds is 5. The molecule has 0 bridgehead atoms. The van der Waals surface area contributed by atoms with Crippen LogP contribution < -0.4 is 5.32 Å². The van der Waals surface area contributed by atoms with Crippen molar-refractivity contribution in [1.82, 2.24) is 9.97 Å². The Morgan fingerprint density at radius 2 is 2.17 bits per heavy atom. The van der Waals surface area contributed by atoms with Gasteiger partial charge in [-0.05, 0) is 30.5 Å². The van der Waals surface area contributed by atoms with Gasteiger partial charge in [0.15, 0.2) is 0 Å². The normalized spacial score (nSPS) is 10.9. The average Bonchev–Trinajstić information content (AvgIpc) is 2.98. The molecular formula is C18H19N3O2. The molecule has 0 aliphatic carbocycles. The molecule has 0 aliphatic heterocycles. The lowest BCUT2D eigenvalue weighted by molar-refractivity contribution is -0.116. The Kier molecular flexibility index (Phi) is 4.39. The fourth-order valence-corrected chi connectivity index (χ4v) is 2.71. The Balaban J connectivity index is 1.68. The summed E-state index contributed by atoms with van der Waals surface area (Å²) in [5.41, 5.74) is 4.68. The number of aryl methyl sites for hydroxylation is 2. The Hall–Kier alpha value is -2.66. The first-order valence-corrected chi connectivity index (χ1v) is 7.58. The maximum Gasteiger partial charge on any atom is 0.224 e. The van der Waals surface area contributed by atoms with E-state index in [1.165, 1.54) is 5.56 Å². The number of aromatic nitrogens is 2. The summed E-state index contributed by atoms with van der Waals surface area (Å²) in [7, 11) is 0. The Labute approximate surface area is 134 Å². The fraction of sp³-hybridized carbons (Fsp3) is 0.222. The number of amides is 1. The summed E-state index contributed by atoms with van der Waals surface area (Å²) in [6.45, 7) is 1.94. The number of nitrogens with zero attached hydrogens (tertiary/aromatic N) is 1. The molecule has 0 fully saturated rings. The van der Waals surface area contributed by atoms with Crippen molar-refractivity contribution < 1.29 is 9.90 Å². The summed E-state index contributed by atoms with van der Waals surface area (Å²) >= 11 is 0. The van der Waals surface area contributed by atoms with Gasteiger partial charge in [0.2, 0.25) is 5.91 Å². The first-order chi connectivity index (χ1) is 11.2. The molecule has 0 spiro atoms. The molecular weight excluding hydrogens is 290 g/mol. The molecule has 5 nitrogen and oxygen atoms in total. The Morgan fingerprint density at radius 1 is 1.30 bits per heavy atom. The van der Waals surface area contributed by atoms with Gasteiger partial charge >= 0.3 is 0 Å². The quantitative estimate of drug-likeness (QED) is 0.678. The van der Waals surface area contributed by atoms with Crippen LogP contribution in [0.25, 0.3) is 10.9 Å². The number of hydrogen-bond donors (Lipinski definition) is 3. The second kappa shape index (κ2) is 6.62. The van der Waals surface area contributed by atoms with Crippen LogP contribution in [0.3, 0.4) is 0 Å². The summed E-state index contributed by atoms with van der Waals surface area (Å²) in [6, 6.07) is 7.85. The monoisotopic (exact) mass is 309 g/mol. The first kappa shape index (κ1) is 15.2. The van der Waals surface area contributed by atoms with Gasteiger partial charge in [-0.3, -0.25) is 9.78 Å². The first-order valence-electron chi connectivity index (χ1n) is 7.58. The molecule has 0 unspecified atom stereocenters. The molecule has 5 heteroatoms. The number of nitrogens with one attached hydrogen (secondary N) is 2. The van der Waals surface area contributed by atoms with E-state index in [4.69, 9.17) is 0 Å². The number of anilines is 1. The van der Waals surface area contributed by atoms with Crippen LogP contribution in [0, 0.1) is 6.92 Å². The van der Waals surface area contributed by atoms with Crippen molar-refractivity contribution in [2.24, 2.45) is 0 Å². The number of aromatic amines is 1. The molecule has 3 aromatic rings. The van der Waals surface area contributed by atoms with Crippen molar-refractivity contribution in [2.75, 3.05) is 5.32 Å². The van der Waals surface area contributed by atoms with Crippen LogP contribution in [0.5, 0.6) is 0 Å². The number of fused-ring (bicyclic) bond motifs is 1. The number of aliphatic hydroxyl groups excluding tert-OH is 1. The van der Waals surface area contributed by atoms with Gasteiger partial charge in [-0.15, -0.1) is 0 Å². The minimum atomic E-state index is -0.125. The summed E-state index contributed by atoms with van der Waals surface area (Å²) in [5.74, 6) is -0.0882. The third kappa shape index (κ3) is 3.24. The smallest absolute Gasteiger partial charge is 0.224 e. The molecule has 0 atom stereocenters. The number of aliphatic hydroxyl groups is 1. The second-order valence-corrected chi connectivity index (χ2v) is 5.55. The summed E-state index contributed by atoms with van der Waals surface area (Å²) in [5, 5.41) is 13.2. The van der Waals surface area contributed by atoms with Crippen LogP contribution >= 0.6 is 0 Å². The molecule has 0 radical (unpaired) electrons. The highest BCUT2D eigenvalue weighted by molar-refractivity contribution is 5.92. The van der Waals surface area contributed by atoms with Gasteiger partial charge in [0.25, 0.3) is 0 Å². The number of benzene rings is 1. The van der Waals surface area contributed by atoms with Crippen molar-refractivity contribution in [3.63, 3.8) is 0 Å². The number of H-pyrrole nitrogens is 1. The van der Waals surface area contributed by atoms with Gasteiger partial charge in [0, 0.05) is 35.3 Å². The van der Waals surface area contributed by atoms with Crippen LogP contribution in [0.4, 0.5) is 5.69 Å². The maximum atomic E-state index is 12.1. The molecule has 23 heavy (non-hydrogen) atoms. The Morgan fingerprint density at radius 3 is 3.00 bits per heavy atom. The predicted octanol–water partition coefficient (Wildman–Crippen LogP) is 2.93. The molecule has 118 valence electrons. The predicted molar refractivity (Wildman–Crippen MR) is 90.1 cm³/mol. The zero-order valence-corrected chi connectivity index (χ0v) is 13.0. The van der Waals surface area contributed by atoms with E-state index in [0.717, 1.165) is 16.5 Å². The van der Waals surface area contributed by atoms with E-state index in [0.29, 0.717) is 24.1 Å². The van der Waals surface area contributed by atoms with Crippen LogP contribution in [-0.4, -0.2) is 21.0 Å². The second-order valence-electron chi connectivity index (χ2n) is 5.55. The van der Waals surface area contributed by atoms with Crippen LogP contribution in [0.2, 0.25) is 0 Å². The lowest BCUT2D eigenvalue weighted by Crippen LogP contribution is -2.14. The number of pyridine rings is 1. The van der Waals surface area contributed by atoms with Crippen LogP contribution in [0.15, 0.2) is 42.9 Å². The number of para-hydroxylation sites is 1. The number of hydrogen-bond acceptors (Lipinski definition) is 3. The number of carbonyl (C=O) groups is 1. The van der Waals surface area contributed by atoms with E-state index in [1.807, 2.05) is 12.3 Å². The van der Waals surface area contributed by atoms with E-state index in [-0.39, 0.29) is 12.5 Å². The highest BCUT2D eigenvalue weighted by Crippen LogP contribution is 2.22. The topological polar surface area (TPSA) is 78.0 Å². The van der Waals surface area contributed by atoms with E-state index >= 15 is 0 Å². The molecule has 0 saturated carbocycles. The van der Waals surface area contributed by atoms with E-state index in [9.17, 15) is 9.90 Å². The van der Waals surface area contributed by atoms with E-state index in [2.05, 4.69) is 34.3 Å². The maximum absolute atomic E-state index is 12.1. The molecule has 1 aromatic carbocycles. The lowest BCUT2D eigenvalue weighted by Gasteiger charge is -2.08. The SMILES string of the molecule is Cc1cccc2c(CCC(=O)Nc3cnccc3CO)c[nH]c12. The van der Waals surface area contributed by atoms with Gasteiger partial charge in [-0.1, -0.05) is 18.2 Å². The minimum Gasteiger partial charge on any atom is -0.392 e. The third-order valence-electron chi connectivity index (χ3n) is 3.99. The zero-order valence-electron chi connectivity index (χ0n) is 13.0. The van der Waals surface area contributed by atoms with Crippen molar-refractivity contribution in [3.05, 3.63) is 59.5 Å². The molecule has 2 heterocycles. The van der Waals surface area contributed by atoms with Crippen molar-refractivity contribution in [1.29, 1.82) is 0 Å². The van der Waals surface area contributed by atoms with Crippen molar-refractivity contribution >= 4 is 22.5 Å². The highest BCUT2D eigenvalue weighted by Gasteiger charge is 2.10. The molecule has 0 saturated heterocycles. The molecule has 2 aromatic heterocycles. The van der Waals surface area contributed by atoms with Gasteiger partial charge in [0.05, 0.1) is 18.5 Å². The average molecular weight is 309 g/mol. The van der Waals surface area contributed by atoms with Crippen LogP contribution in [-0.2, 0) is 17.8 Å². The van der Waals surface area contributed by atoms with Crippen molar-refractivity contribution in [2.45, 2.75) is 26.4 Å². The van der Waals surface area contributed by atoms with E-state index < -0.39 is 0 Å². The van der Waals surface area contributed by atoms with Gasteiger partial charge in [-0.2, -0.15) is 0 Å². The highest BCUT2D eigenvalue weighted by atomic mass is 16.3. The standard InChI is InChI=1S/C18H19N3O2/c1-12-3-2-4-15-13(9-20-18(12)15)5-6-17(23)21-16-10-19-8-7-14(16)11-22/h2-4,7-10,20,22H,5-6,11H2,1H3,(H,21,23). The minimum absolute atomic E-state index is 0.0882. The number of carbonyl (C=O) groups excluding carboxylic acids is 1. The summed E-state index contributed by atoms with van der Waals surface area (Å²) in [4.78, 5) is 19.4. The van der Waals surface area contributed by atoms with Gasteiger partial charge < -0.3 is 15.4 Å². The van der Waals surface area contributed by atoms with Crippen molar-refractivity contribution in [3.8, 4) is 0 Å². The Bertz CT molecular complexity index is 839. The third-order valence-corrected chi connectivity index (χ3v) is 3.99. The lowest BCUT2D eigenvalue weighted by atomic mass is 10.1. The van der Waals surface area contributed by atoms with Gasteiger partial charge in [-0.25, -0.2) is 0 Å². The van der Waals surface area contributed by atoms with Gasteiger partial charge in [0.1, 0.15) is 0 Å². The van der Waals surface area contributed by atoms with Crippen LogP contribution in [0.1, 0.15) is 23.1 Å². The molecule has 3 rings (SSSR count).